The lowest BCUT2D eigenvalue weighted by molar-refractivity contribution is -0.137. The highest BCUT2D eigenvalue weighted by molar-refractivity contribution is 5.55. The average Bonchev–Trinajstić information content (AvgIpc) is 2.38. The molecular weight excluding hydrogens is 241 g/mol. The van der Waals surface area contributed by atoms with Crippen LogP contribution in [0.25, 0.3) is 0 Å². The van der Waals surface area contributed by atoms with Crippen LogP contribution in [0.3, 0.4) is 0 Å². The summed E-state index contributed by atoms with van der Waals surface area (Å²) in [5.41, 5.74) is -0.244. The zero-order valence-corrected chi connectivity index (χ0v) is 10.3. The molecule has 1 heterocycles. The molecule has 1 unspecified atom stereocenters. The van der Waals surface area contributed by atoms with Gasteiger partial charge in [0.2, 0.25) is 0 Å². The Morgan fingerprint density at radius 2 is 2.00 bits per heavy atom. The largest absolute Gasteiger partial charge is 0.418 e. The molecule has 1 aromatic carbocycles. The second kappa shape index (κ2) is 5.18. The van der Waals surface area contributed by atoms with Gasteiger partial charge >= 0.3 is 6.18 Å². The van der Waals surface area contributed by atoms with Crippen LogP contribution in [0.1, 0.15) is 18.4 Å². The molecule has 100 valence electrons. The van der Waals surface area contributed by atoms with Crippen molar-refractivity contribution in [2.75, 3.05) is 25.0 Å². The summed E-state index contributed by atoms with van der Waals surface area (Å²) in [4.78, 5) is 1.83. The third-order valence-electron chi connectivity index (χ3n) is 3.38. The van der Waals surface area contributed by atoms with Crippen molar-refractivity contribution in [2.24, 2.45) is 0 Å². The number of halogens is 3. The maximum absolute atomic E-state index is 12.9. The molecule has 1 aliphatic heterocycles. The first-order chi connectivity index (χ1) is 8.52. The smallest absolute Gasteiger partial charge is 0.369 e. The third-order valence-corrected chi connectivity index (χ3v) is 3.38. The van der Waals surface area contributed by atoms with Gasteiger partial charge in [-0.1, -0.05) is 12.1 Å². The molecule has 2 rings (SSSR count). The van der Waals surface area contributed by atoms with Crippen LogP contribution in [0.4, 0.5) is 18.9 Å². The van der Waals surface area contributed by atoms with Gasteiger partial charge in [0.1, 0.15) is 0 Å². The lowest BCUT2D eigenvalue weighted by atomic mass is 10.0. The molecule has 1 saturated heterocycles. The highest BCUT2D eigenvalue weighted by Crippen LogP contribution is 2.37. The summed E-state index contributed by atoms with van der Waals surface area (Å²) in [5, 5.41) is 3.14. The summed E-state index contributed by atoms with van der Waals surface area (Å²) in [6.45, 7) is 1.31. The Morgan fingerprint density at radius 1 is 1.28 bits per heavy atom. The molecule has 1 aliphatic rings. The molecule has 0 spiro atoms. The van der Waals surface area contributed by atoms with Gasteiger partial charge in [-0.25, -0.2) is 0 Å². The Morgan fingerprint density at radius 3 is 2.67 bits per heavy atom. The zero-order valence-electron chi connectivity index (χ0n) is 10.3. The third kappa shape index (κ3) is 2.77. The summed E-state index contributed by atoms with van der Waals surface area (Å²) in [6, 6.07) is 6.07. The van der Waals surface area contributed by atoms with E-state index in [2.05, 4.69) is 5.32 Å². The van der Waals surface area contributed by atoms with Gasteiger partial charge in [0, 0.05) is 24.8 Å². The van der Waals surface area contributed by atoms with Gasteiger partial charge in [0.15, 0.2) is 0 Å². The fourth-order valence-electron chi connectivity index (χ4n) is 2.42. The molecule has 1 aromatic rings. The molecule has 0 aliphatic carbocycles. The van der Waals surface area contributed by atoms with E-state index >= 15 is 0 Å². The zero-order chi connectivity index (χ0) is 13.2. The van der Waals surface area contributed by atoms with Crippen molar-refractivity contribution < 1.29 is 13.2 Å². The lowest BCUT2D eigenvalue weighted by Gasteiger charge is -2.35. The fourth-order valence-corrected chi connectivity index (χ4v) is 2.42. The van der Waals surface area contributed by atoms with Crippen LogP contribution in [0.15, 0.2) is 24.3 Å². The van der Waals surface area contributed by atoms with E-state index in [0.29, 0.717) is 18.8 Å². The van der Waals surface area contributed by atoms with Gasteiger partial charge in [-0.15, -0.1) is 0 Å². The van der Waals surface area contributed by atoms with E-state index in [1.54, 1.807) is 12.1 Å². The minimum Gasteiger partial charge on any atom is -0.369 e. The average molecular weight is 258 g/mol. The molecule has 1 N–H and O–H groups in total. The Balaban J connectivity index is 2.27. The Hall–Kier alpha value is -1.23. The second-order valence-corrected chi connectivity index (χ2v) is 4.59. The molecule has 0 saturated carbocycles. The number of anilines is 1. The van der Waals surface area contributed by atoms with Gasteiger partial charge < -0.3 is 10.2 Å². The number of likely N-dealkylation sites (N-methyl/N-ethyl adjacent to an activating group) is 1. The molecular formula is C13H17F3N2. The number of hydrogen-bond donors (Lipinski definition) is 1. The molecule has 0 amide bonds. The van der Waals surface area contributed by atoms with Crippen molar-refractivity contribution in [3.63, 3.8) is 0 Å². The summed E-state index contributed by atoms with van der Waals surface area (Å²) in [5.74, 6) is 0. The molecule has 0 bridgehead atoms. The number of nitrogens with zero attached hydrogens (tertiary/aromatic N) is 1. The maximum atomic E-state index is 12.9. The molecule has 1 fully saturated rings. The number of alkyl halides is 3. The first-order valence-corrected chi connectivity index (χ1v) is 6.11. The molecule has 18 heavy (non-hydrogen) atoms. The number of para-hydroxylation sites is 1. The maximum Gasteiger partial charge on any atom is 0.418 e. The predicted octanol–water partition coefficient (Wildman–Crippen LogP) is 2.89. The van der Waals surface area contributed by atoms with E-state index in [1.165, 1.54) is 6.07 Å². The number of rotatable bonds is 2. The SMILES string of the molecule is CNC1CCCN(c2ccccc2C(F)(F)F)C1. The second-order valence-electron chi connectivity index (χ2n) is 4.59. The van der Waals surface area contributed by atoms with Crippen molar-refractivity contribution in [1.82, 2.24) is 5.32 Å². The fraction of sp³-hybridized carbons (Fsp3) is 0.538. The lowest BCUT2D eigenvalue weighted by Crippen LogP contribution is -2.45. The van der Waals surface area contributed by atoms with E-state index in [4.69, 9.17) is 0 Å². The quantitative estimate of drug-likeness (QED) is 0.877. The van der Waals surface area contributed by atoms with Crippen molar-refractivity contribution >= 4 is 5.69 Å². The van der Waals surface area contributed by atoms with Crippen LogP contribution < -0.4 is 10.2 Å². The summed E-state index contributed by atoms with van der Waals surface area (Å²) < 4.78 is 38.8. The Bertz CT molecular complexity index is 403. The minimum atomic E-state index is -4.29. The standard InChI is InChI=1S/C13H17F3N2/c1-17-10-5-4-8-18(9-10)12-7-3-2-6-11(12)13(14,15)16/h2-3,6-7,10,17H,4-5,8-9H2,1H3. The van der Waals surface area contributed by atoms with Crippen LogP contribution in [-0.4, -0.2) is 26.2 Å². The van der Waals surface area contributed by atoms with Gasteiger partial charge in [-0.2, -0.15) is 13.2 Å². The van der Waals surface area contributed by atoms with E-state index in [-0.39, 0.29) is 6.04 Å². The molecule has 2 nitrogen and oxygen atoms in total. The van der Waals surface area contributed by atoms with Crippen LogP contribution >= 0.6 is 0 Å². The van der Waals surface area contributed by atoms with Crippen molar-refractivity contribution in [1.29, 1.82) is 0 Å². The van der Waals surface area contributed by atoms with Gasteiger partial charge in [0.05, 0.1) is 5.56 Å². The number of nitrogens with one attached hydrogen (secondary N) is 1. The number of piperidine rings is 1. The van der Waals surface area contributed by atoms with E-state index in [0.717, 1.165) is 18.9 Å². The number of benzene rings is 1. The summed E-state index contributed by atoms with van der Waals surface area (Å²) in [7, 11) is 1.85. The first-order valence-electron chi connectivity index (χ1n) is 6.11. The Kier molecular flexibility index (Phi) is 3.80. The summed E-state index contributed by atoms with van der Waals surface area (Å²) >= 11 is 0. The monoisotopic (exact) mass is 258 g/mol. The Labute approximate surface area is 105 Å². The first kappa shape index (κ1) is 13.2. The number of hydrogen-bond acceptors (Lipinski definition) is 2. The van der Waals surface area contributed by atoms with Gasteiger partial charge in [0.25, 0.3) is 0 Å². The minimum absolute atomic E-state index is 0.264. The predicted molar refractivity (Wildman–Crippen MR) is 65.7 cm³/mol. The highest BCUT2D eigenvalue weighted by Gasteiger charge is 2.35. The molecule has 0 aromatic heterocycles. The normalized spacial score (nSPS) is 21.1. The van der Waals surface area contributed by atoms with Crippen molar-refractivity contribution in [3.05, 3.63) is 29.8 Å². The highest BCUT2D eigenvalue weighted by atomic mass is 19.4. The van der Waals surface area contributed by atoms with E-state index in [1.807, 2.05) is 11.9 Å². The van der Waals surface area contributed by atoms with E-state index in [9.17, 15) is 13.2 Å². The van der Waals surface area contributed by atoms with Crippen LogP contribution in [0.5, 0.6) is 0 Å². The summed E-state index contributed by atoms with van der Waals surface area (Å²) in [6.07, 6.45) is -2.36. The molecule has 0 radical (unpaired) electrons. The van der Waals surface area contributed by atoms with Crippen molar-refractivity contribution in [2.45, 2.75) is 25.1 Å². The van der Waals surface area contributed by atoms with Gasteiger partial charge in [-0.05, 0) is 32.0 Å². The van der Waals surface area contributed by atoms with Crippen LogP contribution in [-0.2, 0) is 6.18 Å². The van der Waals surface area contributed by atoms with E-state index < -0.39 is 11.7 Å². The van der Waals surface area contributed by atoms with Crippen LogP contribution in [0, 0.1) is 0 Å². The molecule has 1 atom stereocenters. The topological polar surface area (TPSA) is 15.3 Å². The van der Waals surface area contributed by atoms with Crippen LogP contribution in [0.2, 0.25) is 0 Å². The van der Waals surface area contributed by atoms with Gasteiger partial charge in [-0.3, -0.25) is 0 Å². The molecule has 5 heteroatoms. The van der Waals surface area contributed by atoms with Crippen molar-refractivity contribution in [3.8, 4) is 0 Å².